The quantitative estimate of drug-likeness (QED) is 0.582. The van der Waals surface area contributed by atoms with Crippen molar-refractivity contribution in [2.24, 2.45) is 0 Å². The van der Waals surface area contributed by atoms with Crippen molar-refractivity contribution in [1.82, 2.24) is 19.5 Å². The minimum atomic E-state index is -0.364. The molecule has 0 spiro atoms. The number of rotatable bonds is 5. The number of benzene rings is 1. The van der Waals surface area contributed by atoms with Crippen LogP contribution in [-0.4, -0.2) is 27.2 Å². The fraction of sp³-hybridized carbons (Fsp3) is 0.211. The van der Waals surface area contributed by atoms with E-state index < -0.39 is 0 Å². The Bertz CT molecular complexity index is 1190. The van der Waals surface area contributed by atoms with E-state index in [9.17, 15) is 9.59 Å². The molecule has 27 heavy (non-hydrogen) atoms. The van der Waals surface area contributed by atoms with Gasteiger partial charge in [0.25, 0.3) is 0 Å². The van der Waals surface area contributed by atoms with Gasteiger partial charge in [-0.15, -0.1) is 5.10 Å². The van der Waals surface area contributed by atoms with E-state index in [0.717, 1.165) is 10.9 Å². The number of hydrogen-bond acceptors (Lipinski definition) is 5. The summed E-state index contributed by atoms with van der Waals surface area (Å²) in [6.45, 7) is 1.97. The Morgan fingerprint density at radius 1 is 1.30 bits per heavy atom. The Balaban J connectivity index is 1.69. The van der Waals surface area contributed by atoms with E-state index in [-0.39, 0.29) is 24.7 Å². The molecule has 8 heteroatoms. The molecule has 0 atom stereocenters. The number of methoxy groups -OCH3 is 1. The summed E-state index contributed by atoms with van der Waals surface area (Å²) in [5, 5.41) is 7.92. The van der Waals surface area contributed by atoms with Crippen molar-refractivity contribution >= 4 is 22.5 Å². The van der Waals surface area contributed by atoms with E-state index >= 15 is 0 Å². The van der Waals surface area contributed by atoms with Crippen molar-refractivity contribution in [3.05, 3.63) is 64.5 Å². The average Bonchev–Trinajstić information content (AvgIpc) is 3.29. The maximum Gasteiger partial charge on any atom is 0.351 e. The molecule has 0 aliphatic heterocycles. The topological polar surface area (TPSA) is 90.8 Å². The summed E-state index contributed by atoms with van der Waals surface area (Å²) in [7, 11) is 1.60. The van der Waals surface area contributed by atoms with Crippen molar-refractivity contribution in [3.63, 3.8) is 0 Å². The van der Waals surface area contributed by atoms with Crippen LogP contribution in [0.1, 0.15) is 11.3 Å². The number of pyridine rings is 1. The van der Waals surface area contributed by atoms with Crippen LogP contribution in [0.25, 0.3) is 16.6 Å². The highest BCUT2D eigenvalue weighted by molar-refractivity contribution is 5.84. The molecule has 4 aromatic rings. The van der Waals surface area contributed by atoms with Crippen molar-refractivity contribution < 1.29 is 13.9 Å². The summed E-state index contributed by atoms with van der Waals surface area (Å²) in [5.74, 6) is 1.03. The predicted molar refractivity (Wildman–Crippen MR) is 98.8 cm³/mol. The molecule has 1 amide bonds. The van der Waals surface area contributed by atoms with Crippen LogP contribution in [0.3, 0.4) is 0 Å². The van der Waals surface area contributed by atoms with Gasteiger partial charge < -0.3 is 14.5 Å². The number of fused-ring (bicyclic) bond motifs is 3. The van der Waals surface area contributed by atoms with Crippen LogP contribution >= 0.6 is 0 Å². The van der Waals surface area contributed by atoms with Crippen molar-refractivity contribution in [2.45, 2.75) is 20.0 Å². The number of aryl methyl sites for hydroxylation is 1. The molecule has 3 heterocycles. The molecule has 4 rings (SSSR count). The summed E-state index contributed by atoms with van der Waals surface area (Å²) >= 11 is 0. The summed E-state index contributed by atoms with van der Waals surface area (Å²) in [5.41, 5.74) is 1.71. The van der Waals surface area contributed by atoms with Gasteiger partial charge in [-0.05, 0) is 48.9 Å². The molecule has 0 aliphatic rings. The molecule has 1 aromatic carbocycles. The fourth-order valence-electron chi connectivity index (χ4n) is 3.05. The lowest BCUT2D eigenvalue weighted by Gasteiger charge is -2.05. The van der Waals surface area contributed by atoms with Crippen molar-refractivity contribution in [2.75, 3.05) is 7.11 Å². The van der Waals surface area contributed by atoms with Crippen LogP contribution in [0.5, 0.6) is 5.75 Å². The van der Waals surface area contributed by atoms with Crippen molar-refractivity contribution in [3.8, 4) is 5.75 Å². The molecule has 138 valence electrons. The van der Waals surface area contributed by atoms with E-state index in [0.29, 0.717) is 22.7 Å². The highest BCUT2D eigenvalue weighted by Gasteiger charge is 2.15. The lowest BCUT2D eigenvalue weighted by molar-refractivity contribution is -0.122. The Labute approximate surface area is 154 Å². The van der Waals surface area contributed by atoms with Gasteiger partial charge in [-0.2, -0.15) is 0 Å². The van der Waals surface area contributed by atoms with Gasteiger partial charge in [0.1, 0.15) is 18.1 Å². The molecular weight excluding hydrogens is 348 g/mol. The van der Waals surface area contributed by atoms with E-state index in [1.807, 2.05) is 25.1 Å². The number of furan rings is 1. The number of hydrogen-bond donors (Lipinski definition) is 1. The van der Waals surface area contributed by atoms with Crippen LogP contribution in [0, 0.1) is 6.92 Å². The first kappa shape index (κ1) is 16.9. The third-order valence-corrected chi connectivity index (χ3v) is 4.37. The Kier molecular flexibility index (Phi) is 4.15. The number of amides is 1. The molecular formula is C19H18N4O4. The molecule has 0 aliphatic carbocycles. The largest absolute Gasteiger partial charge is 0.497 e. The van der Waals surface area contributed by atoms with E-state index in [1.54, 1.807) is 25.3 Å². The molecule has 0 saturated carbocycles. The molecule has 0 fully saturated rings. The lowest BCUT2D eigenvalue weighted by atomic mass is 10.1. The van der Waals surface area contributed by atoms with E-state index in [1.165, 1.54) is 15.3 Å². The van der Waals surface area contributed by atoms with Crippen LogP contribution in [0.2, 0.25) is 0 Å². The second-order valence-electron chi connectivity index (χ2n) is 6.21. The van der Waals surface area contributed by atoms with Gasteiger partial charge in [0.15, 0.2) is 5.65 Å². The van der Waals surface area contributed by atoms with Crippen LogP contribution in [0.15, 0.2) is 51.9 Å². The molecule has 0 bridgehead atoms. The number of carbonyl (C=O) groups excluding carboxylic acids is 1. The molecule has 0 radical (unpaired) electrons. The summed E-state index contributed by atoms with van der Waals surface area (Å²) in [6.07, 6.45) is 1.54. The zero-order valence-electron chi connectivity index (χ0n) is 14.9. The Morgan fingerprint density at radius 3 is 2.89 bits per heavy atom. The zero-order chi connectivity index (χ0) is 19.0. The maximum absolute atomic E-state index is 12.9. The van der Waals surface area contributed by atoms with Gasteiger partial charge in [0.05, 0.1) is 25.4 Å². The minimum Gasteiger partial charge on any atom is -0.497 e. The van der Waals surface area contributed by atoms with Crippen LogP contribution in [-0.2, 0) is 17.9 Å². The van der Waals surface area contributed by atoms with Gasteiger partial charge in [-0.1, -0.05) is 0 Å². The fourth-order valence-corrected chi connectivity index (χ4v) is 3.05. The summed E-state index contributed by atoms with van der Waals surface area (Å²) < 4.78 is 13.1. The van der Waals surface area contributed by atoms with E-state index in [4.69, 9.17) is 9.15 Å². The lowest BCUT2D eigenvalue weighted by Crippen LogP contribution is -2.32. The van der Waals surface area contributed by atoms with Gasteiger partial charge in [0.2, 0.25) is 5.91 Å². The third-order valence-electron chi connectivity index (χ3n) is 4.37. The third kappa shape index (κ3) is 3.05. The molecule has 0 unspecified atom stereocenters. The number of carbonyl (C=O) groups is 1. The molecule has 8 nitrogen and oxygen atoms in total. The predicted octanol–water partition coefficient (Wildman–Crippen LogP) is 1.88. The average molecular weight is 366 g/mol. The van der Waals surface area contributed by atoms with Gasteiger partial charge >= 0.3 is 5.69 Å². The number of aromatic nitrogens is 3. The Morgan fingerprint density at radius 2 is 2.15 bits per heavy atom. The number of nitrogens with zero attached hydrogens (tertiary/aromatic N) is 3. The normalized spacial score (nSPS) is 11.2. The monoisotopic (exact) mass is 366 g/mol. The molecule has 3 aromatic heterocycles. The molecule has 1 N–H and O–H groups in total. The smallest absolute Gasteiger partial charge is 0.351 e. The maximum atomic E-state index is 12.9. The first-order valence-corrected chi connectivity index (χ1v) is 8.43. The first-order chi connectivity index (χ1) is 13.1. The van der Waals surface area contributed by atoms with Gasteiger partial charge in [-0.3, -0.25) is 4.79 Å². The first-order valence-electron chi connectivity index (χ1n) is 8.43. The van der Waals surface area contributed by atoms with Crippen LogP contribution in [0.4, 0.5) is 0 Å². The Hall–Kier alpha value is -3.55. The van der Waals surface area contributed by atoms with E-state index in [2.05, 4.69) is 10.4 Å². The number of nitrogens with one attached hydrogen (secondary N) is 1. The zero-order valence-corrected chi connectivity index (χ0v) is 14.9. The minimum absolute atomic E-state index is 0.168. The standard InChI is InChI=1S/C19H18N4O4/c1-12-8-13-9-14(26-2)5-6-16(13)23-18(12)21-22(19(23)25)11-17(24)20-10-15-4-3-7-27-15/h3-9H,10-11H2,1-2H3,(H,20,24). The van der Waals surface area contributed by atoms with Gasteiger partial charge in [-0.25, -0.2) is 13.9 Å². The second-order valence-corrected chi connectivity index (χ2v) is 6.21. The van der Waals surface area contributed by atoms with Gasteiger partial charge in [0, 0.05) is 5.39 Å². The second kappa shape index (κ2) is 6.64. The molecule has 0 saturated heterocycles. The number of ether oxygens (including phenoxy) is 1. The van der Waals surface area contributed by atoms with Crippen LogP contribution < -0.4 is 15.7 Å². The summed E-state index contributed by atoms with van der Waals surface area (Å²) in [4.78, 5) is 25.0. The summed E-state index contributed by atoms with van der Waals surface area (Å²) in [6, 6.07) is 10.9. The van der Waals surface area contributed by atoms with Crippen molar-refractivity contribution in [1.29, 1.82) is 0 Å². The highest BCUT2D eigenvalue weighted by atomic mass is 16.5. The highest BCUT2D eigenvalue weighted by Crippen LogP contribution is 2.23. The SMILES string of the molecule is COc1ccc2c(c1)cc(C)c1nn(CC(=O)NCc3ccco3)c(=O)n12.